The minimum Gasteiger partial charge on any atom is -0.370 e. The van der Waals surface area contributed by atoms with Gasteiger partial charge in [0, 0.05) is 18.8 Å². The number of carbonyl (C=O) groups excluding carboxylic acids is 1. The van der Waals surface area contributed by atoms with Crippen molar-refractivity contribution in [1.29, 1.82) is 0 Å². The first-order chi connectivity index (χ1) is 8.60. The van der Waals surface area contributed by atoms with Gasteiger partial charge < -0.3 is 10.6 Å². The molecular formula is C14H23N3O. The summed E-state index contributed by atoms with van der Waals surface area (Å²) < 4.78 is 0. The molecule has 0 fully saturated rings. The van der Waals surface area contributed by atoms with Gasteiger partial charge in [0.1, 0.15) is 5.82 Å². The Bertz CT molecular complexity index is 390. The third-order valence-electron chi connectivity index (χ3n) is 2.96. The van der Waals surface area contributed by atoms with E-state index in [1.807, 2.05) is 6.92 Å². The summed E-state index contributed by atoms with van der Waals surface area (Å²) in [6.45, 7) is 9.04. The predicted molar refractivity (Wildman–Crippen MR) is 74.8 cm³/mol. The molecule has 1 heterocycles. The fourth-order valence-corrected chi connectivity index (χ4v) is 1.88. The van der Waals surface area contributed by atoms with E-state index in [1.165, 1.54) is 0 Å². The van der Waals surface area contributed by atoms with Gasteiger partial charge in [-0.3, -0.25) is 4.79 Å². The fourth-order valence-electron chi connectivity index (χ4n) is 1.88. The van der Waals surface area contributed by atoms with Gasteiger partial charge in [-0.25, -0.2) is 4.98 Å². The molecule has 0 aliphatic rings. The maximum atomic E-state index is 12.2. The Balaban J connectivity index is 2.83. The van der Waals surface area contributed by atoms with E-state index in [0.29, 0.717) is 17.3 Å². The molecule has 18 heavy (non-hydrogen) atoms. The number of aromatic nitrogens is 1. The van der Waals surface area contributed by atoms with Crippen LogP contribution in [0.2, 0.25) is 0 Å². The van der Waals surface area contributed by atoms with Gasteiger partial charge in [-0.2, -0.15) is 0 Å². The molecular weight excluding hydrogens is 226 g/mol. The Hall–Kier alpha value is -1.58. The molecule has 1 unspecified atom stereocenters. The molecule has 2 N–H and O–H groups in total. The van der Waals surface area contributed by atoms with Gasteiger partial charge in [-0.05, 0) is 31.4 Å². The molecule has 1 aromatic rings. The van der Waals surface area contributed by atoms with Crippen LogP contribution >= 0.6 is 0 Å². The normalized spacial score (nSPS) is 12.3. The van der Waals surface area contributed by atoms with Crippen molar-refractivity contribution in [2.24, 2.45) is 5.92 Å². The highest BCUT2D eigenvalue weighted by atomic mass is 16.1. The molecule has 0 radical (unpaired) electrons. The highest BCUT2D eigenvalue weighted by Crippen LogP contribution is 2.13. The van der Waals surface area contributed by atoms with Crippen LogP contribution in [0.15, 0.2) is 18.3 Å². The SMILES string of the molecule is CCNc1ncccc1C(=O)NC(CC)C(C)C. The third-order valence-corrected chi connectivity index (χ3v) is 2.96. The predicted octanol–water partition coefficient (Wildman–Crippen LogP) is 2.68. The molecule has 0 bridgehead atoms. The van der Waals surface area contributed by atoms with Crippen LogP contribution < -0.4 is 10.6 Å². The Morgan fingerprint density at radius 1 is 1.39 bits per heavy atom. The van der Waals surface area contributed by atoms with Crippen molar-refractivity contribution in [2.75, 3.05) is 11.9 Å². The zero-order chi connectivity index (χ0) is 13.5. The topological polar surface area (TPSA) is 54.0 Å². The van der Waals surface area contributed by atoms with E-state index in [-0.39, 0.29) is 11.9 Å². The van der Waals surface area contributed by atoms with Crippen molar-refractivity contribution in [3.63, 3.8) is 0 Å². The Morgan fingerprint density at radius 2 is 2.11 bits per heavy atom. The van der Waals surface area contributed by atoms with Gasteiger partial charge in [-0.1, -0.05) is 20.8 Å². The van der Waals surface area contributed by atoms with Crippen molar-refractivity contribution < 1.29 is 4.79 Å². The Morgan fingerprint density at radius 3 is 2.67 bits per heavy atom. The molecule has 1 amide bonds. The van der Waals surface area contributed by atoms with Gasteiger partial charge in [0.05, 0.1) is 5.56 Å². The van der Waals surface area contributed by atoms with E-state index < -0.39 is 0 Å². The summed E-state index contributed by atoms with van der Waals surface area (Å²) in [6.07, 6.45) is 2.62. The van der Waals surface area contributed by atoms with E-state index >= 15 is 0 Å². The number of carbonyl (C=O) groups is 1. The average Bonchev–Trinajstić information content (AvgIpc) is 2.36. The molecule has 1 aromatic heterocycles. The number of hydrogen-bond donors (Lipinski definition) is 2. The number of nitrogens with zero attached hydrogens (tertiary/aromatic N) is 1. The summed E-state index contributed by atoms with van der Waals surface area (Å²) in [5.74, 6) is 1.02. The summed E-state index contributed by atoms with van der Waals surface area (Å²) in [6, 6.07) is 3.78. The lowest BCUT2D eigenvalue weighted by Crippen LogP contribution is -2.38. The van der Waals surface area contributed by atoms with Gasteiger partial charge in [0.25, 0.3) is 5.91 Å². The lowest BCUT2D eigenvalue weighted by molar-refractivity contribution is 0.0925. The number of nitrogens with one attached hydrogen (secondary N) is 2. The summed E-state index contributed by atoms with van der Waals surface area (Å²) in [4.78, 5) is 16.4. The second-order valence-electron chi connectivity index (χ2n) is 4.66. The fraction of sp³-hybridized carbons (Fsp3) is 0.571. The number of rotatable bonds is 6. The lowest BCUT2D eigenvalue weighted by Gasteiger charge is -2.21. The van der Waals surface area contributed by atoms with E-state index in [2.05, 4.69) is 36.4 Å². The number of amides is 1. The molecule has 0 saturated carbocycles. The number of hydrogen-bond acceptors (Lipinski definition) is 3. The largest absolute Gasteiger partial charge is 0.370 e. The number of pyridine rings is 1. The first kappa shape index (κ1) is 14.5. The highest BCUT2D eigenvalue weighted by molar-refractivity contribution is 5.98. The molecule has 0 saturated heterocycles. The van der Waals surface area contributed by atoms with Crippen LogP contribution in [0.25, 0.3) is 0 Å². The van der Waals surface area contributed by atoms with E-state index in [4.69, 9.17) is 0 Å². The maximum absolute atomic E-state index is 12.2. The van der Waals surface area contributed by atoms with Gasteiger partial charge in [0.2, 0.25) is 0 Å². The van der Waals surface area contributed by atoms with Crippen LogP contribution in [-0.4, -0.2) is 23.5 Å². The Kier molecular flexibility index (Phi) is 5.62. The summed E-state index contributed by atoms with van der Waals surface area (Å²) in [5.41, 5.74) is 0.610. The Labute approximate surface area is 109 Å². The van der Waals surface area contributed by atoms with E-state index in [0.717, 1.165) is 13.0 Å². The molecule has 100 valence electrons. The molecule has 4 heteroatoms. The quantitative estimate of drug-likeness (QED) is 0.815. The van der Waals surface area contributed by atoms with Crippen LogP contribution in [0.3, 0.4) is 0 Å². The first-order valence-electron chi connectivity index (χ1n) is 6.59. The smallest absolute Gasteiger partial charge is 0.255 e. The monoisotopic (exact) mass is 249 g/mol. The van der Waals surface area contributed by atoms with Crippen LogP contribution in [0.4, 0.5) is 5.82 Å². The van der Waals surface area contributed by atoms with Crippen LogP contribution in [0.1, 0.15) is 44.5 Å². The molecule has 0 aliphatic carbocycles. The van der Waals surface area contributed by atoms with Crippen LogP contribution in [0.5, 0.6) is 0 Å². The highest BCUT2D eigenvalue weighted by Gasteiger charge is 2.17. The zero-order valence-electron chi connectivity index (χ0n) is 11.7. The summed E-state index contributed by atoms with van der Waals surface area (Å²) >= 11 is 0. The van der Waals surface area contributed by atoms with Gasteiger partial charge in [-0.15, -0.1) is 0 Å². The van der Waals surface area contributed by atoms with Gasteiger partial charge in [0.15, 0.2) is 0 Å². The third kappa shape index (κ3) is 3.72. The van der Waals surface area contributed by atoms with Crippen molar-refractivity contribution in [1.82, 2.24) is 10.3 Å². The molecule has 0 aliphatic heterocycles. The van der Waals surface area contributed by atoms with E-state index in [9.17, 15) is 4.79 Å². The minimum absolute atomic E-state index is 0.0559. The summed E-state index contributed by atoms with van der Waals surface area (Å²) in [5, 5.41) is 6.17. The van der Waals surface area contributed by atoms with Gasteiger partial charge >= 0.3 is 0 Å². The number of anilines is 1. The zero-order valence-corrected chi connectivity index (χ0v) is 11.7. The first-order valence-corrected chi connectivity index (χ1v) is 6.59. The second kappa shape index (κ2) is 6.99. The standard InChI is InChI=1S/C14H23N3O/c1-5-12(10(3)4)17-14(18)11-8-7-9-16-13(11)15-6-2/h7-10,12H,5-6H2,1-4H3,(H,15,16)(H,17,18). The maximum Gasteiger partial charge on any atom is 0.255 e. The van der Waals surface area contributed by atoms with E-state index in [1.54, 1.807) is 18.3 Å². The molecule has 0 aromatic carbocycles. The summed E-state index contributed by atoms with van der Waals surface area (Å²) in [7, 11) is 0. The van der Waals surface area contributed by atoms with Crippen LogP contribution in [0, 0.1) is 5.92 Å². The van der Waals surface area contributed by atoms with Crippen molar-refractivity contribution in [3.8, 4) is 0 Å². The average molecular weight is 249 g/mol. The van der Waals surface area contributed by atoms with Crippen molar-refractivity contribution >= 4 is 11.7 Å². The second-order valence-corrected chi connectivity index (χ2v) is 4.66. The van der Waals surface area contributed by atoms with Crippen molar-refractivity contribution in [3.05, 3.63) is 23.9 Å². The molecule has 0 spiro atoms. The molecule has 4 nitrogen and oxygen atoms in total. The molecule has 1 rings (SSSR count). The lowest BCUT2D eigenvalue weighted by atomic mass is 10.0. The van der Waals surface area contributed by atoms with Crippen molar-refractivity contribution in [2.45, 2.75) is 40.2 Å². The molecule has 1 atom stereocenters. The van der Waals surface area contributed by atoms with Crippen LogP contribution in [-0.2, 0) is 0 Å². The minimum atomic E-state index is -0.0559.